The topological polar surface area (TPSA) is 123 Å². The fourth-order valence-corrected chi connectivity index (χ4v) is 2.63. The SMILES string of the molecule is C[C@H](NC(=O)[C@@H](NC(=O)c1ccc(OCc2nccn2C)cc1)C(C)(C)C)C(=O)O. The molecular weight excluding hydrogens is 388 g/mol. The van der Waals surface area contributed by atoms with Crippen LogP contribution in [0.15, 0.2) is 36.7 Å². The highest BCUT2D eigenvalue weighted by Gasteiger charge is 2.34. The molecule has 9 heteroatoms. The van der Waals surface area contributed by atoms with Crippen LogP contribution in [0.4, 0.5) is 0 Å². The molecule has 0 aliphatic rings. The van der Waals surface area contributed by atoms with Gasteiger partial charge in [-0.05, 0) is 36.6 Å². The zero-order valence-electron chi connectivity index (χ0n) is 17.8. The van der Waals surface area contributed by atoms with E-state index < -0.39 is 35.3 Å². The van der Waals surface area contributed by atoms with Gasteiger partial charge in [-0.25, -0.2) is 4.98 Å². The van der Waals surface area contributed by atoms with Gasteiger partial charge in [-0.1, -0.05) is 20.8 Å². The van der Waals surface area contributed by atoms with Crippen LogP contribution in [0, 0.1) is 5.41 Å². The second kappa shape index (κ2) is 9.43. The van der Waals surface area contributed by atoms with E-state index in [0.717, 1.165) is 5.82 Å². The van der Waals surface area contributed by atoms with Gasteiger partial charge in [-0.3, -0.25) is 14.4 Å². The van der Waals surface area contributed by atoms with Crippen LogP contribution in [0.2, 0.25) is 0 Å². The maximum Gasteiger partial charge on any atom is 0.325 e. The summed E-state index contributed by atoms with van der Waals surface area (Å²) in [6.07, 6.45) is 3.51. The summed E-state index contributed by atoms with van der Waals surface area (Å²) in [5.74, 6) is -0.797. The molecule has 0 radical (unpaired) electrons. The van der Waals surface area contributed by atoms with Crippen LogP contribution in [0.5, 0.6) is 5.75 Å². The number of imidazole rings is 1. The van der Waals surface area contributed by atoms with E-state index in [0.29, 0.717) is 17.9 Å². The summed E-state index contributed by atoms with van der Waals surface area (Å²) >= 11 is 0. The number of carboxylic acids is 1. The molecular formula is C21H28N4O5. The number of carbonyl (C=O) groups excluding carboxylic acids is 2. The molecule has 1 aromatic carbocycles. The van der Waals surface area contributed by atoms with E-state index in [-0.39, 0.29) is 0 Å². The molecule has 0 saturated heterocycles. The van der Waals surface area contributed by atoms with Crippen LogP contribution in [-0.4, -0.2) is 44.5 Å². The van der Waals surface area contributed by atoms with Crippen LogP contribution >= 0.6 is 0 Å². The molecule has 2 atom stereocenters. The first-order valence-corrected chi connectivity index (χ1v) is 9.52. The molecule has 0 aliphatic carbocycles. The molecule has 2 amide bonds. The third-order valence-corrected chi connectivity index (χ3v) is 4.54. The average Bonchev–Trinajstić information content (AvgIpc) is 3.08. The summed E-state index contributed by atoms with van der Waals surface area (Å²) < 4.78 is 7.52. The Bertz CT molecular complexity index is 899. The lowest BCUT2D eigenvalue weighted by Crippen LogP contribution is -2.56. The summed E-state index contributed by atoms with van der Waals surface area (Å²) in [4.78, 5) is 40.4. The van der Waals surface area contributed by atoms with Gasteiger partial charge in [0.25, 0.3) is 5.91 Å². The summed E-state index contributed by atoms with van der Waals surface area (Å²) in [5.41, 5.74) is -0.268. The standard InChI is InChI=1S/C21H28N4O5/c1-13(20(28)29)23-19(27)17(21(2,3)4)24-18(26)14-6-8-15(9-7-14)30-12-16-22-10-11-25(16)5/h6-11,13,17H,12H2,1-5H3,(H,23,27)(H,24,26)(H,28,29)/t13-,17+/m0/s1. The first-order valence-electron chi connectivity index (χ1n) is 9.52. The van der Waals surface area contributed by atoms with Crippen LogP contribution in [0.1, 0.15) is 43.9 Å². The lowest BCUT2D eigenvalue weighted by Gasteiger charge is -2.31. The minimum absolute atomic E-state index is 0.295. The number of aromatic nitrogens is 2. The Kier molecular flexibility index (Phi) is 7.20. The van der Waals surface area contributed by atoms with Crippen molar-refractivity contribution in [1.29, 1.82) is 0 Å². The summed E-state index contributed by atoms with van der Waals surface area (Å²) in [7, 11) is 1.87. The van der Waals surface area contributed by atoms with Crippen molar-refractivity contribution in [3.63, 3.8) is 0 Å². The van der Waals surface area contributed by atoms with Gasteiger partial charge in [0.2, 0.25) is 5.91 Å². The zero-order chi connectivity index (χ0) is 22.5. The predicted molar refractivity (Wildman–Crippen MR) is 110 cm³/mol. The number of hydrogen-bond acceptors (Lipinski definition) is 5. The first kappa shape index (κ1) is 22.9. The number of benzene rings is 1. The smallest absolute Gasteiger partial charge is 0.325 e. The van der Waals surface area contributed by atoms with Gasteiger partial charge in [0.05, 0.1) is 0 Å². The maximum atomic E-state index is 12.7. The van der Waals surface area contributed by atoms with Gasteiger partial charge in [-0.2, -0.15) is 0 Å². The molecule has 1 heterocycles. The number of rotatable bonds is 8. The number of aliphatic carboxylic acids is 1. The number of hydrogen-bond donors (Lipinski definition) is 3. The fourth-order valence-electron chi connectivity index (χ4n) is 2.63. The summed E-state index contributed by atoms with van der Waals surface area (Å²) in [6.45, 7) is 7.03. The van der Waals surface area contributed by atoms with E-state index in [2.05, 4.69) is 15.6 Å². The van der Waals surface area contributed by atoms with E-state index >= 15 is 0 Å². The van der Waals surface area contributed by atoms with Crippen molar-refractivity contribution in [2.75, 3.05) is 0 Å². The van der Waals surface area contributed by atoms with Crippen LogP contribution in [-0.2, 0) is 23.2 Å². The van der Waals surface area contributed by atoms with Crippen molar-refractivity contribution in [1.82, 2.24) is 20.2 Å². The van der Waals surface area contributed by atoms with Crippen molar-refractivity contribution in [2.24, 2.45) is 12.5 Å². The molecule has 30 heavy (non-hydrogen) atoms. The Hall–Kier alpha value is -3.36. The Morgan fingerprint density at radius 3 is 2.30 bits per heavy atom. The molecule has 0 saturated carbocycles. The molecule has 0 unspecified atom stereocenters. The molecule has 0 spiro atoms. The number of aryl methyl sites for hydroxylation is 1. The van der Waals surface area contributed by atoms with Gasteiger partial charge < -0.3 is 25.0 Å². The van der Waals surface area contributed by atoms with E-state index in [1.165, 1.54) is 6.92 Å². The van der Waals surface area contributed by atoms with E-state index in [1.807, 2.05) is 17.8 Å². The van der Waals surface area contributed by atoms with Gasteiger partial charge in [-0.15, -0.1) is 0 Å². The molecule has 1 aromatic heterocycles. The molecule has 2 rings (SSSR count). The second-order valence-electron chi connectivity index (χ2n) is 8.11. The second-order valence-corrected chi connectivity index (χ2v) is 8.11. The largest absolute Gasteiger partial charge is 0.486 e. The van der Waals surface area contributed by atoms with Crippen molar-refractivity contribution in [2.45, 2.75) is 46.4 Å². The normalized spacial score (nSPS) is 13.2. The first-order chi connectivity index (χ1) is 14.0. The van der Waals surface area contributed by atoms with Gasteiger partial charge in [0.15, 0.2) is 0 Å². The number of carbonyl (C=O) groups is 3. The van der Waals surface area contributed by atoms with Crippen molar-refractivity contribution in [3.05, 3.63) is 48.0 Å². The Labute approximate surface area is 175 Å². The highest BCUT2D eigenvalue weighted by Crippen LogP contribution is 2.21. The van der Waals surface area contributed by atoms with Gasteiger partial charge in [0.1, 0.15) is 30.3 Å². The lowest BCUT2D eigenvalue weighted by atomic mass is 9.85. The molecule has 3 N–H and O–H groups in total. The van der Waals surface area contributed by atoms with Crippen molar-refractivity contribution in [3.8, 4) is 5.75 Å². The average molecular weight is 416 g/mol. The third kappa shape index (κ3) is 6.07. The third-order valence-electron chi connectivity index (χ3n) is 4.54. The lowest BCUT2D eigenvalue weighted by molar-refractivity contribution is -0.142. The molecule has 9 nitrogen and oxygen atoms in total. The minimum Gasteiger partial charge on any atom is -0.486 e. The monoisotopic (exact) mass is 416 g/mol. The molecule has 2 aromatic rings. The van der Waals surface area contributed by atoms with Crippen molar-refractivity contribution < 1.29 is 24.2 Å². The number of carboxylic acid groups (broad SMARTS) is 1. The minimum atomic E-state index is -1.15. The Balaban J connectivity index is 2.03. The number of nitrogens with zero attached hydrogens (tertiary/aromatic N) is 2. The highest BCUT2D eigenvalue weighted by atomic mass is 16.5. The van der Waals surface area contributed by atoms with Gasteiger partial charge >= 0.3 is 5.97 Å². The summed E-state index contributed by atoms with van der Waals surface area (Å²) in [5, 5.41) is 14.1. The molecule has 0 fully saturated rings. The number of nitrogens with one attached hydrogen (secondary N) is 2. The Morgan fingerprint density at radius 1 is 1.17 bits per heavy atom. The van der Waals surface area contributed by atoms with Crippen LogP contribution in [0.3, 0.4) is 0 Å². The maximum absolute atomic E-state index is 12.7. The van der Waals surface area contributed by atoms with E-state index in [4.69, 9.17) is 9.84 Å². The summed E-state index contributed by atoms with van der Waals surface area (Å²) in [6, 6.07) is 4.55. The van der Waals surface area contributed by atoms with Gasteiger partial charge in [0, 0.05) is 25.0 Å². The quantitative estimate of drug-likeness (QED) is 0.602. The molecule has 162 valence electrons. The highest BCUT2D eigenvalue weighted by molar-refractivity contribution is 5.98. The van der Waals surface area contributed by atoms with Crippen LogP contribution < -0.4 is 15.4 Å². The Morgan fingerprint density at radius 2 is 1.80 bits per heavy atom. The van der Waals surface area contributed by atoms with E-state index in [1.54, 1.807) is 51.2 Å². The number of amides is 2. The predicted octanol–water partition coefficient (Wildman–Crippen LogP) is 1.73. The molecule has 0 bridgehead atoms. The molecule has 0 aliphatic heterocycles. The fraction of sp³-hybridized carbons (Fsp3) is 0.429. The zero-order valence-corrected chi connectivity index (χ0v) is 17.8. The van der Waals surface area contributed by atoms with E-state index in [9.17, 15) is 14.4 Å². The van der Waals surface area contributed by atoms with Crippen molar-refractivity contribution >= 4 is 17.8 Å². The number of ether oxygens (including phenoxy) is 1. The van der Waals surface area contributed by atoms with Crippen LogP contribution in [0.25, 0.3) is 0 Å².